The molecule has 0 amide bonds. The highest BCUT2D eigenvalue weighted by molar-refractivity contribution is 6.30. The average Bonchev–Trinajstić information content (AvgIpc) is 3.51. The zero-order chi connectivity index (χ0) is 37.2. The lowest BCUT2D eigenvalue weighted by Gasteiger charge is -2.36. The van der Waals surface area contributed by atoms with E-state index in [1.807, 2.05) is 6.92 Å². The zero-order valence-corrected chi connectivity index (χ0v) is 28.6. The summed E-state index contributed by atoms with van der Waals surface area (Å²) in [5.74, 6) is -5.39. The number of fused-ring (bicyclic) bond motifs is 2. The van der Waals surface area contributed by atoms with Gasteiger partial charge in [-0.2, -0.15) is 13.2 Å². The van der Waals surface area contributed by atoms with Crippen LogP contribution < -0.4 is 0 Å². The molecule has 0 radical (unpaired) electrons. The minimum absolute atomic E-state index is 0.182. The van der Waals surface area contributed by atoms with Gasteiger partial charge in [-0.1, -0.05) is 49.7 Å². The Labute approximate surface area is 294 Å². The number of carboxylic acids is 2. The van der Waals surface area contributed by atoms with Crippen LogP contribution in [0.2, 0.25) is 5.02 Å². The molecule has 2 aromatic heterocycles. The van der Waals surface area contributed by atoms with Gasteiger partial charge in [0.15, 0.2) is 0 Å². The summed E-state index contributed by atoms with van der Waals surface area (Å²) in [7, 11) is 0. The van der Waals surface area contributed by atoms with Crippen molar-refractivity contribution in [3.05, 3.63) is 141 Å². The normalized spacial score (nSPS) is 14.5. The third-order valence-corrected chi connectivity index (χ3v) is 10.1. The predicted octanol–water partition coefficient (Wildman–Crippen LogP) is 10.2. The van der Waals surface area contributed by atoms with E-state index in [1.165, 1.54) is 45.5 Å². The number of benzene rings is 4. The maximum absolute atomic E-state index is 15.0. The third kappa shape index (κ3) is 5.93. The first-order valence-corrected chi connectivity index (χ1v) is 16.3. The maximum atomic E-state index is 15.0. The molecular formula is C39H32ClF5N2O4. The summed E-state index contributed by atoms with van der Waals surface area (Å²) in [4.78, 5) is 26.8. The number of alkyl halides is 3. The Morgan fingerprint density at radius 3 is 1.49 bits per heavy atom. The molecule has 6 aromatic rings. The fraction of sp³-hybridized carbons (Fsp3) is 0.231. The van der Waals surface area contributed by atoms with Gasteiger partial charge in [0.05, 0.1) is 23.0 Å². The lowest BCUT2D eigenvalue weighted by molar-refractivity contribution is -0.156. The number of aromatic nitrogens is 2. The van der Waals surface area contributed by atoms with Crippen molar-refractivity contribution < 1.29 is 41.8 Å². The molecule has 3 atom stereocenters. The SMILES string of the molecule is Cc1c(C(C)c2ccc(Cl)cc2)c2cc(F)ccc2n1C(CC(=O)O)(C(=O)O)n1c(C)c(C(C)c2ccc(C(F)(F)F)cc2)c2cc(F)ccc21. The molecular weight excluding hydrogens is 691 g/mol. The van der Waals surface area contributed by atoms with Crippen LogP contribution in [-0.4, -0.2) is 31.3 Å². The van der Waals surface area contributed by atoms with Gasteiger partial charge >= 0.3 is 18.1 Å². The Bertz CT molecular complexity index is 2330. The van der Waals surface area contributed by atoms with Crippen molar-refractivity contribution in [1.82, 2.24) is 9.13 Å². The van der Waals surface area contributed by atoms with Crippen LogP contribution in [0.4, 0.5) is 22.0 Å². The van der Waals surface area contributed by atoms with E-state index in [2.05, 4.69) is 0 Å². The van der Waals surface area contributed by atoms with Gasteiger partial charge in [0.1, 0.15) is 11.6 Å². The van der Waals surface area contributed by atoms with Gasteiger partial charge in [-0.05, 0) is 96.8 Å². The molecule has 0 spiro atoms. The van der Waals surface area contributed by atoms with Crippen LogP contribution in [0.25, 0.3) is 21.8 Å². The number of carboxylic acid groups (broad SMARTS) is 2. The molecule has 0 saturated carbocycles. The average molecular weight is 723 g/mol. The second-order valence-electron chi connectivity index (χ2n) is 12.8. The van der Waals surface area contributed by atoms with Gasteiger partial charge in [-0.25, -0.2) is 13.6 Å². The van der Waals surface area contributed by atoms with E-state index in [0.29, 0.717) is 32.8 Å². The summed E-state index contributed by atoms with van der Waals surface area (Å²) in [6.07, 6.45) is -5.56. The quantitative estimate of drug-likeness (QED) is 0.146. The molecule has 0 bridgehead atoms. The molecule has 6 nitrogen and oxygen atoms in total. The highest BCUT2D eigenvalue weighted by Crippen LogP contribution is 2.45. The molecule has 0 fully saturated rings. The van der Waals surface area contributed by atoms with E-state index < -0.39 is 59.2 Å². The van der Waals surface area contributed by atoms with Crippen molar-refractivity contribution >= 4 is 45.3 Å². The van der Waals surface area contributed by atoms with E-state index in [0.717, 1.165) is 29.8 Å². The van der Waals surface area contributed by atoms with E-state index in [-0.39, 0.29) is 22.1 Å². The van der Waals surface area contributed by atoms with E-state index in [9.17, 15) is 41.8 Å². The van der Waals surface area contributed by atoms with Crippen molar-refractivity contribution in [2.24, 2.45) is 0 Å². The van der Waals surface area contributed by atoms with Crippen LogP contribution in [-0.2, 0) is 21.4 Å². The molecule has 3 unspecified atom stereocenters. The molecule has 0 aliphatic rings. The summed E-state index contributed by atoms with van der Waals surface area (Å²) < 4.78 is 72.9. The van der Waals surface area contributed by atoms with Crippen molar-refractivity contribution in [3.63, 3.8) is 0 Å². The molecule has 6 rings (SSSR count). The summed E-state index contributed by atoms with van der Waals surface area (Å²) in [5, 5.41) is 22.9. The second kappa shape index (κ2) is 12.9. The molecule has 4 aromatic carbocycles. The Hall–Kier alpha value is -5.16. The lowest BCUT2D eigenvalue weighted by Crippen LogP contribution is -2.51. The number of carbonyl (C=O) groups is 2. The van der Waals surface area contributed by atoms with Crippen molar-refractivity contribution in [1.29, 1.82) is 0 Å². The third-order valence-electron chi connectivity index (χ3n) is 9.88. The van der Waals surface area contributed by atoms with E-state index >= 15 is 0 Å². The Morgan fingerprint density at radius 1 is 0.706 bits per heavy atom. The van der Waals surface area contributed by atoms with Gasteiger partial charge < -0.3 is 19.3 Å². The summed E-state index contributed by atoms with van der Waals surface area (Å²) in [5.41, 5.74) is -0.0916. The van der Waals surface area contributed by atoms with Crippen molar-refractivity contribution in [2.45, 2.75) is 57.8 Å². The molecule has 0 saturated heterocycles. The van der Waals surface area contributed by atoms with Gasteiger partial charge in [-0.3, -0.25) is 4.79 Å². The summed E-state index contributed by atoms with van der Waals surface area (Å²) in [6, 6.07) is 19.0. The molecule has 12 heteroatoms. The first-order valence-electron chi connectivity index (χ1n) is 16.0. The highest BCUT2D eigenvalue weighted by atomic mass is 35.5. The summed E-state index contributed by atoms with van der Waals surface area (Å²) in [6.45, 7) is 6.78. The minimum Gasteiger partial charge on any atom is -0.481 e. The highest BCUT2D eigenvalue weighted by Gasteiger charge is 2.49. The fourth-order valence-electron chi connectivity index (χ4n) is 7.66. The molecule has 51 heavy (non-hydrogen) atoms. The minimum atomic E-state index is -4.57. The fourth-order valence-corrected chi connectivity index (χ4v) is 7.78. The smallest absolute Gasteiger partial charge is 0.416 e. The number of aliphatic carboxylic acids is 2. The molecule has 2 heterocycles. The number of nitrogens with zero attached hydrogens (tertiary/aromatic N) is 2. The topological polar surface area (TPSA) is 84.5 Å². The van der Waals surface area contributed by atoms with Crippen LogP contribution in [0.15, 0.2) is 84.9 Å². The van der Waals surface area contributed by atoms with Crippen LogP contribution in [0.1, 0.15) is 71.3 Å². The van der Waals surface area contributed by atoms with Crippen LogP contribution in [0, 0.1) is 25.5 Å². The van der Waals surface area contributed by atoms with Gasteiger partial charge in [-0.15, -0.1) is 0 Å². The summed E-state index contributed by atoms with van der Waals surface area (Å²) >= 11 is 6.14. The number of hydrogen-bond acceptors (Lipinski definition) is 2. The van der Waals surface area contributed by atoms with Gasteiger partial charge in [0.25, 0.3) is 0 Å². The lowest BCUT2D eigenvalue weighted by atomic mass is 9.90. The van der Waals surface area contributed by atoms with Crippen molar-refractivity contribution in [2.75, 3.05) is 0 Å². The van der Waals surface area contributed by atoms with Crippen LogP contribution in [0.3, 0.4) is 0 Å². The second-order valence-corrected chi connectivity index (χ2v) is 13.2. The predicted molar refractivity (Wildman–Crippen MR) is 184 cm³/mol. The van der Waals surface area contributed by atoms with Crippen LogP contribution in [0.5, 0.6) is 0 Å². The Kier molecular flexibility index (Phi) is 9.00. The Morgan fingerprint density at radius 2 is 1.12 bits per heavy atom. The van der Waals surface area contributed by atoms with E-state index in [4.69, 9.17) is 11.6 Å². The van der Waals surface area contributed by atoms with Gasteiger partial charge in [0.2, 0.25) is 5.66 Å². The number of rotatable bonds is 9. The molecule has 2 N–H and O–H groups in total. The first-order chi connectivity index (χ1) is 24.0. The molecule has 0 aliphatic heterocycles. The number of halogens is 6. The Balaban J connectivity index is 1.71. The van der Waals surface area contributed by atoms with E-state index in [1.54, 1.807) is 45.0 Å². The van der Waals surface area contributed by atoms with Crippen molar-refractivity contribution in [3.8, 4) is 0 Å². The number of hydrogen-bond donors (Lipinski definition) is 2. The first kappa shape index (κ1) is 35.7. The monoisotopic (exact) mass is 722 g/mol. The maximum Gasteiger partial charge on any atom is 0.416 e. The standard InChI is InChI=1S/C39H32ClF5N2O4/c1-20(24-5-9-26(10-6-24)39(43,44)45)35-22(3)46(32-15-13-28(41)17-30(32)35)38(37(50)51,19-34(48)49)47-23(4)36(31-18-29(42)14-16-33(31)47)21(2)25-7-11-27(40)12-8-25/h5-18,20-21H,19H2,1-4H3,(H,48,49)(H,50,51). The molecule has 264 valence electrons. The molecule has 0 aliphatic carbocycles. The zero-order valence-electron chi connectivity index (χ0n) is 27.8. The van der Waals surface area contributed by atoms with Crippen LogP contribution >= 0.6 is 11.6 Å². The van der Waals surface area contributed by atoms with Gasteiger partial charge in [0, 0.05) is 39.0 Å². The largest absolute Gasteiger partial charge is 0.481 e.